The van der Waals surface area contributed by atoms with Crippen molar-refractivity contribution < 1.29 is 13.9 Å². The zero-order valence-corrected chi connectivity index (χ0v) is 20.3. The summed E-state index contributed by atoms with van der Waals surface area (Å²) in [5.41, 5.74) is 4.28. The summed E-state index contributed by atoms with van der Waals surface area (Å²) >= 11 is 3.30. The van der Waals surface area contributed by atoms with Crippen LogP contribution in [0, 0.1) is 13.8 Å². The molecule has 0 bridgehead atoms. The number of hydrogen-bond acceptors (Lipinski definition) is 6. The average molecular weight is 507 g/mol. The number of aryl methyl sites for hydroxylation is 1. The average Bonchev–Trinajstić information content (AvgIpc) is 2.82. The van der Waals surface area contributed by atoms with Gasteiger partial charge in [0.25, 0.3) is 0 Å². The number of carbonyl (C=O) groups is 1. The molecule has 0 radical (unpaired) electrons. The third kappa shape index (κ3) is 4.41. The summed E-state index contributed by atoms with van der Waals surface area (Å²) in [4.78, 5) is 29.8. The lowest BCUT2D eigenvalue weighted by Crippen LogP contribution is -2.15. The highest BCUT2D eigenvalue weighted by molar-refractivity contribution is 9.10. The Morgan fingerprint density at radius 3 is 2.55 bits per heavy atom. The fraction of sp³-hybridized carbons (Fsp3) is 0.192. The molecule has 0 saturated carbocycles. The van der Waals surface area contributed by atoms with Crippen LogP contribution in [0.5, 0.6) is 0 Å². The number of benzene rings is 2. The van der Waals surface area contributed by atoms with Crippen molar-refractivity contribution in [3.63, 3.8) is 0 Å². The number of aromatic nitrogens is 1. The number of carbonyl (C=O) groups excluding carboxylic acids is 1. The predicted molar refractivity (Wildman–Crippen MR) is 133 cm³/mol. The maximum atomic E-state index is 13.3. The van der Waals surface area contributed by atoms with Crippen LogP contribution in [0.25, 0.3) is 22.3 Å². The molecule has 0 aliphatic rings. The summed E-state index contributed by atoms with van der Waals surface area (Å²) in [6.07, 6.45) is 0. The Morgan fingerprint density at radius 2 is 1.85 bits per heavy atom. The van der Waals surface area contributed by atoms with Crippen molar-refractivity contribution in [2.24, 2.45) is 0 Å². The van der Waals surface area contributed by atoms with Crippen LogP contribution in [0.4, 0.5) is 5.69 Å². The lowest BCUT2D eigenvalue weighted by molar-refractivity contribution is 0.0595. The Bertz CT molecular complexity index is 1410. The number of fused-ring (bicyclic) bond motifs is 1. The third-order valence-electron chi connectivity index (χ3n) is 5.51. The number of anilines is 1. The molecule has 6 nitrogen and oxygen atoms in total. The molecule has 0 aliphatic carbocycles. The van der Waals surface area contributed by atoms with Gasteiger partial charge in [-0.15, -0.1) is 0 Å². The summed E-state index contributed by atoms with van der Waals surface area (Å²) in [7, 11) is 1.31. The molecule has 0 aliphatic heterocycles. The molecule has 0 amide bonds. The van der Waals surface area contributed by atoms with Crippen molar-refractivity contribution in [1.29, 1.82) is 0 Å². The molecule has 33 heavy (non-hydrogen) atoms. The van der Waals surface area contributed by atoms with E-state index in [0.717, 1.165) is 16.7 Å². The summed E-state index contributed by atoms with van der Waals surface area (Å²) in [6.45, 7) is 5.67. The Labute approximate surface area is 199 Å². The van der Waals surface area contributed by atoms with Gasteiger partial charge in [0.2, 0.25) is 0 Å². The highest BCUT2D eigenvalue weighted by Crippen LogP contribution is 2.32. The molecule has 1 N–H and O–H groups in total. The van der Waals surface area contributed by atoms with Gasteiger partial charge in [0.1, 0.15) is 15.9 Å². The minimum atomic E-state index is -0.548. The number of pyridine rings is 1. The van der Waals surface area contributed by atoms with Gasteiger partial charge in [-0.1, -0.05) is 36.4 Å². The van der Waals surface area contributed by atoms with E-state index in [1.54, 1.807) is 19.1 Å². The van der Waals surface area contributed by atoms with E-state index in [-0.39, 0.29) is 17.2 Å². The van der Waals surface area contributed by atoms with E-state index in [2.05, 4.69) is 26.2 Å². The van der Waals surface area contributed by atoms with Crippen LogP contribution < -0.4 is 10.7 Å². The minimum absolute atomic E-state index is 0.0622. The molecular formula is C26H23BrN2O4. The van der Waals surface area contributed by atoms with Crippen molar-refractivity contribution in [2.75, 3.05) is 12.4 Å². The molecule has 2 heterocycles. The molecule has 168 valence electrons. The largest absolute Gasteiger partial charge is 0.464 e. The van der Waals surface area contributed by atoms with Crippen LogP contribution in [-0.4, -0.2) is 18.1 Å². The number of methoxy groups -OCH3 is 1. The van der Waals surface area contributed by atoms with Gasteiger partial charge >= 0.3 is 5.97 Å². The summed E-state index contributed by atoms with van der Waals surface area (Å²) < 4.78 is 11.8. The first kappa shape index (κ1) is 22.7. The number of rotatable bonds is 5. The number of hydrogen-bond donors (Lipinski definition) is 1. The number of ether oxygens (including phenoxy) is 1. The zero-order chi connectivity index (χ0) is 23.7. The van der Waals surface area contributed by atoms with Crippen LogP contribution in [-0.2, 0) is 4.74 Å². The van der Waals surface area contributed by atoms with E-state index < -0.39 is 5.97 Å². The molecule has 4 rings (SSSR count). The standard InChI is InChI=1S/C26H23BrN2O4/c1-14-12-18(16(3)28-20-10-11-21(27)29-22(20)26(31)32-4)25-19(13-14)23(30)15(2)24(33-25)17-8-6-5-7-9-17/h5-13,16,28H,1-4H3/t16-/m1/s1. The molecule has 0 fully saturated rings. The normalized spacial score (nSPS) is 11.9. The maximum Gasteiger partial charge on any atom is 0.358 e. The van der Waals surface area contributed by atoms with Crippen LogP contribution in [0.1, 0.15) is 40.1 Å². The highest BCUT2D eigenvalue weighted by atomic mass is 79.9. The smallest absolute Gasteiger partial charge is 0.358 e. The van der Waals surface area contributed by atoms with E-state index in [4.69, 9.17) is 9.15 Å². The van der Waals surface area contributed by atoms with Gasteiger partial charge in [0.15, 0.2) is 11.1 Å². The van der Waals surface area contributed by atoms with Crippen molar-refractivity contribution in [1.82, 2.24) is 4.98 Å². The molecule has 2 aromatic heterocycles. The Balaban J connectivity index is 1.87. The molecule has 4 aromatic rings. The van der Waals surface area contributed by atoms with E-state index in [1.165, 1.54) is 7.11 Å². The third-order valence-corrected chi connectivity index (χ3v) is 5.95. The van der Waals surface area contributed by atoms with E-state index >= 15 is 0 Å². The molecule has 0 saturated heterocycles. The number of esters is 1. The predicted octanol–water partition coefficient (Wildman–Crippen LogP) is 6.19. The lowest BCUT2D eigenvalue weighted by atomic mass is 9.98. The molecule has 0 unspecified atom stereocenters. The van der Waals surface area contributed by atoms with Gasteiger partial charge < -0.3 is 14.5 Å². The van der Waals surface area contributed by atoms with Crippen molar-refractivity contribution in [3.05, 3.63) is 91.8 Å². The fourth-order valence-electron chi connectivity index (χ4n) is 3.87. The molecule has 1 atom stereocenters. The van der Waals surface area contributed by atoms with E-state index in [1.807, 2.05) is 56.3 Å². The Hall–Kier alpha value is -3.45. The molecule has 0 spiro atoms. The van der Waals surface area contributed by atoms with Crippen molar-refractivity contribution in [3.8, 4) is 11.3 Å². The van der Waals surface area contributed by atoms with Gasteiger partial charge in [-0.2, -0.15) is 0 Å². The number of halogens is 1. The SMILES string of the molecule is COC(=O)c1nc(Br)ccc1N[C@H](C)c1cc(C)cc2c(=O)c(C)c(-c3ccccc3)oc12. The second-order valence-corrected chi connectivity index (χ2v) is 8.68. The van der Waals surface area contributed by atoms with Gasteiger partial charge in [-0.3, -0.25) is 4.79 Å². The second kappa shape index (κ2) is 9.19. The summed E-state index contributed by atoms with van der Waals surface area (Å²) in [5.74, 6) is -0.000387. The maximum absolute atomic E-state index is 13.3. The Kier molecular flexibility index (Phi) is 6.33. The molecular weight excluding hydrogens is 484 g/mol. The van der Waals surface area contributed by atoms with Crippen LogP contribution in [0.2, 0.25) is 0 Å². The molecule has 2 aromatic carbocycles. The quantitative estimate of drug-likeness (QED) is 0.256. The summed E-state index contributed by atoms with van der Waals surface area (Å²) in [5, 5.41) is 3.86. The number of nitrogens with zero attached hydrogens (tertiary/aromatic N) is 1. The van der Waals surface area contributed by atoms with Crippen LogP contribution >= 0.6 is 15.9 Å². The van der Waals surface area contributed by atoms with Gasteiger partial charge in [-0.25, -0.2) is 9.78 Å². The summed E-state index contributed by atoms with van der Waals surface area (Å²) in [6, 6.07) is 16.6. The first-order chi connectivity index (χ1) is 15.8. The van der Waals surface area contributed by atoms with Gasteiger partial charge in [0.05, 0.1) is 24.2 Å². The van der Waals surface area contributed by atoms with Crippen LogP contribution in [0.15, 0.2) is 68.4 Å². The first-order valence-electron chi connectivity index (χ1n) is 10.4. The monoisotopic (exact) mass is 506 g/mol. The highest BCUT2D eigenvalue weighted by Gasteiger charge is 2.21. The van der Waals surface area contributed by atoms with E-state index in [0.29, 0.717) is 32.6 Å². The molecule has 7 heteroatoms. The number of nitrogens with one attached hydrogen (secondary N) is 1. The van der Waals surface area contributed by atoms with Gasteiger partial charge in [-0.05, 0) is 60.5 Å². The topological polar surface area (TPSA) is 81.4 Å². The second-order valence-electron chi connectivity index (χ2n) is 7.87. The van der Waals surface area contributed by atoms with Crippen molar-refractivity contribution in [2.45, 2.75) is 26.8 Å². The van der Waals surface area contributed by atoms with Gasteiger partial charge in [0, 0.05) is 16.7 Å². The lowest BCUT2D eigenvalue weighted by Gasteiger charge is -2.20. The minimum Gasteiger partial charge on any atom is -0.464 e. The Morgan fingerprint density at radius 1 is 1.12 bits per heavy atom. The van der Waals surface area contributed by atoms with Crippen LogP contribution in [0.3, 0.4) is 0 Å². The zero-order valence-electron chi connectivity index (χ0n) is 18.7. The first-order valence-corrected chi connectivity index (χ1v) is 11.2. The van der Waals surface area contributed by atoms with E-state index in [9.17, 15) is 9.59 Å². The van der Waals surface area contributed by atoms with Crippen molar-refractivity contribution >= 4 is 38.6 Å². The fourth-order valence-corrected chi connectivity index (χ4v) is 4.18.